The molecule has 1 aliphatic rings. The number of aryl methyl sites for hydroxylation is 1. The molecule has 1 saturated heterocycles. The SMILES string of the molecule is CCNC(=NCC(C)c1ccc(F)c(F)c1)N1CCN(c2cnn(C)c2)C(=O)C1.I. The van der Waals surface area contributed by atoms with Crippen LogP contribution in [0.2, 0.25) is 0 Å². The number of carbonyl (C=O) groups excluding carboxylic acids is 1. The molecule has 1 aliphatic heterocycles. The second kappa shape index (κ2) is 10.7. The van der Waals surface area contributed by atoms with E-state index in [1.807, 2.05) is 32.0 Å². The molecule has 0 radical (unpaired) electrons. The molecule has 10 heteroatoms. The number of carbonyl (C=O) groups is 1. The number of nitrogens with one attached hydrogen (secondary N) is 1. The van der Waals surface area contributed by atoms with Gasteiger partial charge in [-0.15, -0.1) is 24.0 Å². The Balaban J connectivity index is 0.00000320. The van der Waals surface area contributed by atoms with E-state index in [0.717, 1.165) is 11.8 Å². The number of amides is 1. The minimum absolute atomic E-state index is 0. The summed E-state index contributed by atoms with van der Waals surface area (Å²) in [5.41, 5.74) is 1.46. The fraction of sp³-hybridized carbons (Fsp3) is 0.450. The molecule has 30 heavy (non-hydrogen) atoms. The summed E-state index contributed by atoms with van der Waals surface area (Å²) in [5, 5.41) is 7.34. The van der Waals surface area contributed by atoms with Crippen LogP contribution in [0.4, 0.5) is 14.5 Å². The van der Waals surface area contributed by atoms with Crippen LogP contribution >= 0.6 is 24.0 Å². The summed E-state index contributed by atoms with van der Waals surface area (Å²) in [7, 11) is 1.81. The summed E-state index contributed by atoms with van der Waals surface area (Å²) in [6.07, 6.45) is 3.49. The summed E-state index contributed by atoms with van der Waals surface area (Å²) in [6, 6.07) is 3.91. The number of hydrogen-bond acceptors (Lipinski definition) is 3. The highest BCUT2D eigenvalue weighted by Gasteiger charge is 2.27. The van der Waals surface area contributed by atoms with Crippen LogP contribution in [0.5, 0.6) is 0 Å². The van der Waals surface area contributed by atoms with E-state index in [4.69, 9.17) is 0 Å². The monoisotopic (exact) mass is 532 g/mol. The highest BCUT2D eigenvalue weighted by atomic mass is 127. The predicted octanol–water partition coefficient (Wildman–Crippen LogP) is 2.73. The predicted molar refractivity (Wildman–Crippen MR) is 123 cm³/mol. The van der Waals surface area contributed by atoms with Crippen LogP contribution in [-0.4, -0.2) is 59.3 Å². The quantitative estimate of drug-likeness (QED) is 0.366. The van der Waals surface area contributed by atoms with Crippen molar-refractivity contribution in [1.82, 2.24) is 20.0 Å². The third-order valence-corrected chi connectivity index (χ3v) is 4.89. The Bertz CT molecular complexity index is 903. The molecule has 1 aromatic carbocycles. The van der Waals surface area contributed by atoms with E-state index in [-0.39, 0.29) is 42.3 Å². The Labute approximate surface area is 192 Å². The van der Waals surface area contributed by atoms with Crippen molar-refractivity contribution in [1.29, 1.82) is 0 Å². The lowest BCUT2D eigenvalue weighted by Crippen LogP contribution is -2.55. The van der Waals surface area contributed by atoms with Crippen LogP contribution < -0.4 is 10.2 Å². The molecule has 3 rings (SSSR count). The van der Waals surface area contributed by atoms with Gasteiger partial charge in [-0.05, 0) is 24.6 Å². The molecular weight excluding hydrogens is 505 g/mol. The van der Waals surface area contributed by atoms with Crippen molar-refractivity contribution in [3.05, 3.63) is 47.8 Å². The first kappa shape index (κ1) is 24.0. The molecule has 0 bridgehead atoms. The maximum absolute atomic E-state index is 13.5. The number of aliphatic imine (C=N–C) groups is 1. The van der Waals surface area contributed by atoms with Gasteiger partial charge in [0.2, 0.25) is 5.91 Å². The summed E-state index contributed by atoms with van der Waals surface area (Å²) in [4.78, 5) is 20.9. The zero-order valence-electron chi connectivity index (χ0n) is 17.3. The number of aromatic nitrogens is 2. The number of anilines is 1. The van der Waals surface area contributed by atoms with Gasteiger partial charge in [0, 0.05) is 45.3 Å². The van der Waals surface area contributed by atoms with Crippen molar-refractivity contribution in [2.45, 2.75) is 19.8 Å². The normalized spacial score (nSPS) is 15.8. The first-order valence-corrected chi connectivity index (χ1v) is 9.66. The molecule has 1 fully saturated rings. The summed E-state index contributed by atoms with van der Waals surface area (Å²) in [6.45, 7) is 6.30. The van der Waals surface area contributed by atoms with Gasteiger partial charge >= 0.3 is 0 Å². The smallest absolute Gasteiger partial charge is 0.246 e. The molecule has 0 spiro atoms. The van der Waals surface area contributed by atoms with E-state index in [9.17, 15) is 13.6 Å². The highest BCUT2D eigenvalue weighted by molar-refractivity contribution is 14.0. The van der Waals surface area contributed by atoms with Crippen molar-refractivity contribution in [2.24, 2.45) is 12.0 Å². The standard InChI is InChI=1S/C20H26F2N6O.HI/c1-4-23-20(24-10-14(2)15-5-6-17(21)18(22)9-15)27-7-8-28(19(29)13-27)16-11-25-26(3)12-16;/h5-6,9,11-12,14H,4,7-8,10,13H2,1-3H3,(H,23,24);1H. The Kier molecular flexibility index (Phi) is 8.56. The number of hydrogen-bond donors (Lipinski definition) is 1. The molecule has 1 amide bonds. The molecule has 1 atom stereocenters. The average molecular weight is 532 g/mol. The second-order valence-electron chi connectivity index (χ2n) is 7.11. The van der Waals surface area contributed by atoms with Gasteiger partial charge in [0.15, 0.2) is 17.6 Å². The molecule has 1 N–H and O–H groups in total. The minimum Gasteiger partial charge on any atom is -0.357 e. The van der Waals surface area contributed by atoms with E-state index in [0.29, 0.717) is 37.7 Å². The van der Waals surface area contributed by atoms with Crippen LogP contribution in [0.25, 0.3) is 0 Å². The minimum atomic E-state index is -0.859. The molecule has 1 aromatic heterocycles. The van der Waals surface area contributed by atoms with E-state index in [2.05, 4.69) is 15.4 Å². The third-order valence-electron chi connectivity index (χ3n) is 4.89. The number of nitrogens with zero attached hydrogens (tertiary/aromatic N) is 5. The zero-order chi connectivity index (χ0) is 21.0. The molecular formula is C20H27F2IN6O. The number of guanidine groups is 1. The lowest BCUT2D eigenvalue weighted by Gasteiger charge is -2.35. The number of benzene rings is 1. The number of halogens is 3. The van der Waals surface area contributed by atoms with Gasteiger partial charge in [0.05, 0.1) is 11.9 Å². The van der Waals surface area contributed by atoms with Gasteiger partial charge in [-0.1, -0.05) is 13.0 Å². The van der Waals surface area contributed by atoms with Gasteiger partial charge in [0.25, 0.3) is 0 Å². The molecule has 0 aliphatic carbocycles. The number of piperazine rings is 1. The van der Waals surface area contributed by atoms with Gasteiger partial charge in [-0.25, -0.2) is 8.78 Å². The van der Waals surface area contributed by atoms with E-state index >= 15 is 0 Å². The first-order chi connectivity index (χ1) is 13.9. The highest BCUT2D eigenvalue weighted by Crippen LogP contribution is 2.19. The lowest BCUT2D eigenvalue weighted by atomic mass is 10.0. The molecule has 1 unspecified atom stereocenters. The van der Waals surface area contributed by atoms with E-state index in [1.165, 1.54) is 6.07 Å². The number of rotatable bonds is 5. The summed E-state index contributed by atoms with van der Waals surface area (Å²) < 4.78 is 28.3. The van der Waals surface area contributed by atoms with Crippen molar-refractivity contribution in [3.63, 3.8) is 0 Å². The van der Waals surface area contributed by atoms with E-state index < -0.39 is 11.6 Å². The molecule has 164 valence electrons. The molecule has 7 nitrogen and oxygen atoms in total. The second-order valence-corrected chi connectivity index (χ2v) is 7.11. The third kappa shape index (κ3) is 5.67. The van der Waals surface area contributed by atoms with Crippen LogP contribution in [-0.2, 0) is 11.8 Å². The van der Waals surface area contributed by atoms with Crippen molar-refractivity contribution >= 4 is 41.5 Å². The van der Waals surface area contributed by atoms with Crippen LogP contribution in [0.1, 0.15) is 25.3 Å². The topological polar surface area (TPSA) is 65.8 Å². The lowest BCUT2D eigenvalue weighted by molar-refractivity contribution is -0.120. The summed E-state index contributed by atoms with van der Waals surface area (Å²) >= 11 is 0. The summed E-state index contributed by atoms with van der Waals surface area (Å²) in [5.74, 6) is -1.19. The molecule has 2 heterocycles. The van der Waals surface area contributed by atoms with Crippen molar-refractivity contribution < 1.29 is 13.6 Å². The van der Waals surface area contributed by atoms with Crippen molar-refractivity contribution in [2.75, 3.05) is 37.6 Å². The van der Waals surface area contributed by atoms with Gasteiger partial charge in [0.1, 0.15) is 6.54 Å². The largest absolute Gasteiger partial charge is 0.357 e. The fourth-order valence-corrected chi connectivity index (χ4v) is 3.25. The van der Waals surface area contributed by atoms with Crippen molar-refractivity contribution in [3.8, 4) is 0 Å². The first-order valence-electron chi connectivity index (χ1n) is 9.66. The zero-order valence-corrected chi connectivity index (χ0v) is 19.6. The van der Waals surface area contributed by atoms with Crippen LogP contribution in [0, 0.1) is 11.6 Å². The van der Waals surface area contributed by atoms with Gasteiger partial charge in [-0.2, -0.15) is 5.10 Å². The van der Waals surface area contributed by atoms with Crippen LogP contribution in [0.15, 0.2) is 35.6 Å². The average Bonchev–Trinajstić information content (AvgIpc) is 3.13. The Morgan fingerprint density at radius 1 is 1.30 bits per heavy atom. The molecule has 0 saturated carbocycles. The maximum atomic E-state index is 13.5. The Morgan fingerprint density at radius 3 is 2.67 bits per heavy atom. The maximum Gasteiger partial charge on any atom is 0.246 e. The molecule has 2 aromatic rings. The fourth-order valence-electron chi connectivity index (χ4n) is 3.25. The van der Waals surface area contributed by atoms with E-state index in [1.54, 1.807) is 21.8 Å². The van der Waals surface area contributed by atoms with Gasteiger partial charge < -0.3 is 15.1 Å². The van der Waals surface area contributed by atoms with Crippen LogP contribution in [0.3, 0.4) is 0 Å². The Hall–Kier alpha value is -2.24. The Morgan fingerprint density at radius 2 is 2.07 bits per heavy atom. The van der Waals surface area contributed by atoms with Gasteiger partial charge in [-0.3, -0.25) is 14.5 Å².